The topological polar surface area (TPSA) is 17.1 Å². The Bertz CT molecular complexity index is 686. The first-order chi connectivity index (χ1) is 13.6. The number of Topliss-reactive ketones (excluding diaryl/α,β-unsaturated/α-hetero) is 1. The van der Waals surface area contributed by atoms with Crippen LogP contribution in [-0.4, -0.2) is 5.78 Å². The second-order valence-corrected chi connectivity index (χ2v) is 12.5. The van der Waals surface area contributed by atoms with Crippen LogP contribution in [0, 0.1) is 39.9 Å². The molecule has 2 fully saturated rings. The summed E-state index contributed by atoms with van der Waals surface area (Å²) in [7, 11) is 0. The molecule has 0 amide bonds. The molecule has 4 aliphatic carbocycles. The van der Waals surface area contributed by atoms with Gasteiger partial charge in [0.1, 0.15) is 5.78 Å². The molecule has 0 N–H and O–H groups in total. The molecular weight excluding hydrogens is 352 g/mol. The summed E-state index contributed by atoms with van der Waals surface area (Å²) in [6.45, 7) is 15.2. The zero-order valence-electron chi connectivity index (χ0n) is 20.2. The smallest absolute Gasteiger partial charge is 0.133 e. The molecule has 4 rings (SSSR count). The molecule has 164 valence electrons. The van der Waals surface area contributed by atoms with E-state index in [0.717, 1.165) is 37.0 Å². The van der Waals surface area contributed by atoms with Crippen molar-refractivity contribution in [1.82, 2.24) is 0 Å². The number of carbonyl (C=O) groups is 1. The Morgan fingerprint density at radius 3 is 2.38 bits per heavy atom. The van der Waals surface area contributed by atoms with Crippen molar-refractivity contribution >= 4 is 5.78 Å². The maximum absolute atomic E-state index is 12.1. The number of fused-ring (bicyclic) bond motifs is 4. The average molecular weight is 399 g/mol. The van der Waals surface area contributed by atoms with Gasteiger partial charge in [-0.3, -0.25) is 4.79 Å². The first-order valence-corrected chi connectivity index (χ1v) is 12.9. The van der Waals surface area contributed by atoms with E-state index in [-0.39, 0.29) is 0 Å². The zero-order valence-corrected chi connectivity index (χ0v) is 20.2. The Labute approximate surface area is 180 Å². The third-order valence-corrected chi connectivity index (χ3v) is 10.8. The second-order valence-electron chi connectivity index (χ2n) is 12.5. The molecule has 2 saturated carbocycles. The van der Waals surface area contributed by atoms with E-state index in [4.69, 9.17) is 0 Å². The molecule has 1 heteroatoms. The van der Waals surface area contributed by atoms with Crippen molar-refractivity contribution in [1.29, 1.82) is 0 Å². The number of carbonyl (C=O) groups excluding carboxylic acids is 1. The Balaban J connectivity index is 1.59. The van der Waals surface area contributed by atoms with Crippen LogP contribution in [0.1, 0.15) is 119 Å². The molecule has 0 aliphatic heterocycles. The Hall–Kier alpha value is -0.590. The molecule has 0 spiro atoms. The number of hydrogen-bond donors (Lipinski definition) is 0. The average Bonchev–Trinajstić information content (AvgIpc) is 2.93. The first-order valence-electron chi connectivity index (χ1n) is 12.9. The van der Waals surface area contributed by atoms with Crippen LogP contribution >= 0.6 is 0 Å². The van der Waals surface area contributed by atoms with Crippen molar-refractivity contribution in [2.45, 2.75) is 119 Å². The van der Waals surface area contributed by atoms with E-state index < -0.39 is 0 Å². The summed E-state index contributed by atoms with van der Waals surface area (Å²) in [5.74, 6) is 3.75. The van der Waals surface area contributed by atoms with Crippen LogP contribution in [0.25, 0.3) is 0 Å². The predicted molar refractivity (Wildman–Crippen MR) is 123 cm³/mol. The molecule has 0 saturated heterocycles. The summed E-state index contributed by atoms with van der Waals surface area (Å²) in [5.41, 5.74) is 4.92. The van der Waals surface area contributed by atoms with Crippen molar-refractivity contribution in [3.8, 4) is 0 Å². The molecule has 4 aliphatic rings. The van der Waals surface area contributed by atoms with Gasteiger partial charge in [-0.2, -0.15) is 0 Å². The van der Waals surface area contributed by atoms with Gasteiger partial charge in [0.05, 0.1) is 0 Å². The normalized spacial score (nSPS) is 43.2. The Kier molecular flexibility index (Phi) is 5.61. The van der Waals surface area contributed by atoms with Crippen LogP contribution in [0.4, 0.5) is 0 Å². The van der Waals surface area contributed by atoms with Crippen LogP contribution in [0.2, 0.25) is 0 Å². The minimum absolute atomic E-state index is 0.326. The SMILES string of the molecule is CC(C)CCC[C@@H](C)[C@H]1CC[C@@]2(C)C3=C(CC[C@]12C)[C@@]1(C)CCC(=O)CC1CC3. The maximum atomic E-state index is 12.1. The van der Waals surface area contributed by atoms with Crippen molar-refractivity contribution in [2.24, 2.45) is 39.9 Å². The van der Waals surface area contributed by atoms with E-state index in [1.165, 1.54) is 57.8 Å². The van der Waals surface area contributed by atoms with Crippen molar-refractivity contribution in [2.75, 3.05) is 0 Å². The highest BCUT2D eigenvalue weighted by Crippen LogP contribution is 2.71. The van der Waals surface area contributed by atoms with Crippen molar-refractivity contribution in [3.05, 3.63) is 11.1 Å². The summed E-state index contributed by atoms with van der Waals surface area (Å²) in [6, 6.07) is 0. The fourth-order valence-electron chi connectivity index (χ4n) is 8.64. The highest BCUT2D eigenvalue weighted by molar-refractivity contribution is 5.80. The third kappa shape index (κ3) is 3.28. The lowest BCUT2D eigenvalue weighted by molar-refractivity contribution is -0.124. The number of rotatable bonds is 5. The van der Waals surface area contributed by atoms with Gasteiger partial charge in [-0.05, 0) is 84.9 Å². The minimum Gasteiger partial charge on any atom is -0.300 e. The van der Waals surface area contributed by atoms with E-state index in [0.29, 0.717) is 27.9 Å². The summed E-state index contributed by atoms with van der Waals surface area (Å²) in [5, 5.41) is 0. The molecule has 0 bridgehead atoms. The fraction of sp³-hybridized carbons (Fsp3) is 0.893. The van der Waals surface area contributed by atoms with Crippen LogP contribution < -0.4 is 0 Å². The van der Waals surface area contributed by atoms with Gasteiger partial charge in [-0.15, -0.1) is 0 Å². The lowest BCUT2D eigenvalue weighted by Gasteiger charge is -2.58. The molecule has 0 heterocycles. The van der Waals surface area contributed by atoms with Gasteiger partial charge in [0.25, 0.3) is 0 Å². The van der Waals surface area contributed by atoms with E-state index in [2.05, 4.69) is 41.5 Å². The van der Waals surface area contributed by atoms with Gasteiger partial charge in [0, 0.05) is 12.8 Å². The largest absolute Gasteiger partial charge is 0.300 e. The monoisotopic (exact) mass is 398 g/mol. The Morgan fingerprint density at radius 2 is 1.66 bits per heavy atom. The highest BCUT2D eigenvalue weighted by Gasteiger charge is 2.61. The van der Waals surface area contributed by atoms with Crippen LogP contribution in [-0.2, 0) is 4.79 Å². The lowest BCUT2D eigenvalue weighted by Crippen LogP contribution is -2.49. The van der Waals surface area contributed by atoms with Crippen LogP contribution in [0.3, 0.4) is 0 Å². The summed E-state index contributed by atoms with van der Waals surface area (Å²) < 4.78 is 0. The van der Waals surface area contributed by atoms with Crippen LogP contribution in [0.15, 0.2) is 11.1 Å². The summed E-state index contributed by atoms with van der Waals surface area (Å²) in [6.07, 6.45) is 15.1. The standard InChI is InChI=1S/C28H46O/c1-19(2)8-7-9-20(3)23-13-16-28(6)25-11-10-21-18-22(29)12-15-26(21,4)24(25)14-17-27(23,28)5/h19-21,23H,7-18H2,1-6H3/t20-,21?,23-,26+,27-,28+/m1/s1. The minimum atomic E-state index is 0.326. The van der Waals surface area contributed by atoms with E-state index in [9.17, 15) is 4.79 Å². The first kappa shape index (κ1) is 21.6. The van der Waals surface area contributed by atoms with Gasteiger partial charge < -0.3 is 0 Å². The molecule has 29 heavy (non-hydrogen) atoms. The van der Waals surface area contributed by atoms with Gasteiger partial charge in [-0.1, -0.05) is 72.0 Å². The van der Waals surface area contributed by atoms with Crippen molar-refractivity contribution in [3.63, 3.8) is 0 Å². The van der Waals surface area contributed by atoms with E-state index in [1.54, 1.807) is 0 Å². The molecular formula is C28H46O. The Morgan fingerprint density at radius 1 is 0.897 bits per heavy atom. The highest BCUT2D eigenvalue weighted by atomic mass is 16.1. The molecule has 0 aromatic rings. The fourth-order valence-corrected chi connectivity index (χ4v) is 8.64. The molecule has 1 nitrogen and oxygen atoms in total. The maximum Gasteiger partial charge on any atom is 0.133 e. The van der Waals surface area contributed by atoms with Gasteiger partial charge in [0.2, 0.25) is 0 Å². The lowest BCUT2D eigenvalue weighted by atomic mass is 9.46. The van der Waals surface area contributed by atoms with Crippen LogP contribution in [0.5, 0.6) is 0 Å². The van der Waals surface area contributed by atoms with Gasteiger partial charge in [0.15, 0.2) is 0 Å². The third-order valence-electron chi connectivity index (χ3n) is 10.8. The number of allylic oxidation sites excluding steroid dienone is 2. The zero-order chi connectivity index (χ0) is 21.0. The summed E-state index contributed by atoms with van der Waals surface area (Å²) >= 11 is 0. The van der Waals surface area contributed by atoms with E-state index >= 15 is 0 Å². The second kappa shape index (κ2) is 7.52. The predicted octanol–water partition coefficient (Wildman–Crippen LogP) is 8.13. The van der Waals surface area contributed by atoms with Crippen molar-refractivity contribution < 1.29 is 4.79 Å². The molecule has 0 radical (unpaired) electrons. The molecule has 6 atom stereocenters. The number of ketones is 1. The molecule has 0 aromatic heterocycles. The quantitative estimate of drug-likeness (QED) is 0.427. The van der Waals surface area contributed by atoms with E-state index in [1.807, 2.05) is 11.1 Å². The molecule has 0 aromatic carbocycles. The van der Waals surface area contributed by atoms with Gasteiger partial charge in [-0.25, -0.2) is 0 Å². The molecule has 1 unspecified atom stereocenters. The number of hydrogen-bond acceptors (Lipinski definition) is 1. The summed E-state index contributed by atoms with van der Waals surface area (Å²) in [4.78, 5) is 12.1. The van der Waals surface area contributed by atoms with Gasteiger partial charge >= 0.3 is 0 Å².